The topological polar surface area (TPSA) is 57.2 Å². The molecule has 7 heteroatoms. The van der Waals surface area contributed by atoms with Gasteiger partial charge in [-0.05, 0) is 38.5 Å². The molecule has 3 heterocycles. The van der Waals surface area contributed by atoms with Crippen molar-refractivity contribution in [1.82, 2.24) is 15.0 Å². The lowest BCUT2D eigenvalue weighted by Gasteiger charge is -2.32. The summed E-state index contributed by atoms with van der Waals surface area (Å²) in [6.45, 7) is 2.13. The minimum Gasteiger partial charge on any atom is -0.367 e. The number of anilines is 3. The molecule has 4 rings (SSSR count). The van der Waals surface area contributed by atoms with Crippen LogP contribution in [0.1, 0.15) is 36.3 Å². The average Bonchev–Trinajstić information content (AvgIpc) is 3.07. The Hall–Kier alpha value is -1.89. The Morgan fingerprint density at radius 2 is 1.96 bits per heavy atom. The van der Waals surface area contributed by atoms with Gasteiger partial charge in [0.2, 0.25) is 0 Å². The normalized spacial score (nSPS) is 18.1. The molecule has 0 saturated carbocycles. The predicted molar refractivity (Wildman–Crippen MR) is 104 cm³/mol. The Balaban J connectivity index is 1.35. The fourth-order valence-corrected chi connectivity index (χ4v) is 4.77. The molecule has 25 heavy (non-hydrogen) atoms. The third kappa shape index (κ3) is 3.71. The van der Waals surface area contributed by atoms with Crippen LogP contribution in [0.5, 0.6) is 0 Å². The summed E-state index contributed by atoms with van der Waals surface area (Å²) in [6.07, 6.45) is 8.90. The zero-order chi connectivity index (χ0) is 17.2. The van der Waals surface area contributed by atoms with E-state index in [2.05, 4.69) is 20.2 Å². The number of thiazole rings is 1. The molecule has 0 amide bonds. The molecule has 1 saturated heterocycles. The molecule has 0 unspecified atom stereocenters. The summed E-state index contributed by atoms with van der Waals surface area (Å²) < 4.78 is 0. The van der Waals surface area contributed by atoms with Gasteiger partial charge in [0.05, 0.1) is 5.69 Å². The van der Waals surface area contributed by atoms with E-state index in [9.17, 15) is 0 Å². The van der Waals surface area contributed by atoms with E-state index in [1.807, 2.05) is 36.4 Å². The van der Waals surface area contributed by atoms with Crippen LogP contribution in [0, 0.1) is 0 Å². The van der Waals surface area contributed by atoms with Crippen LogP contribution < -0.4 is 15.1 Å². The quantitative estimate of drug-likeness (QED) is 0.907. The summed E-state index contributed by atoms with van der Waals surface area (Å²) in [5.74, 6) is 1.85. The van der Waals surface area contributed by atoms with Gasteiger partial charge < -0.3 is 15.1 Å². The van der Waals surface area contributed by atoms with E-state index in [-0.39, 0.29) is 0 Å². The van der Waals surface area contributed by atoms with Crippen molar-refractivity contribution < 1.29 is 0 Å². The Labute approximate surface area is 153 Å². The van der Waals surface area contributed by atoms with Crippen molar-refractivity contribution >= 4 is 28.1 Å². The lowest BCUT2D eigenvalue weighted by atomic mass is 10.0. The molecule has 0 aromatic carbocycles. The molecule has 134 valence electrons. The summed E-state index contributed by atoms with van der Waals surface area (Å²) in [4.78, 5) is 19.5. The first-order valence-electron chi connectivity index (χ1n) is 9.18. The van der Waals surface area contributed by atoms with E-state index in [4.69, 9.17) is 4.98 Å². The molecule has 2 aromatic rings. The van der Waals surface area contributed by atoms with Crippen LogP contribution in [0.3, 0.4) is 0 Å². The van der Waals surface area contributed by atoms with Crippen LogP contribution in [-0.2, 0) is 12.8 Å². The molecule has 0 spiro atoms. The molecule has 1 N–H and O–H groups in total. The van der Waals surface area contributed by atoms with Gasteiger partial charge in [0.15, 0.2) is 5.13 Å². The van der Waals surface area contributed by atoms with E-state index < -0.39 is 0 Å². The van der Waals surface area contributed by atoms with Crippen molar-refractivity contribution in [2.24, 2.45) is 0 Å². The minimum absolute atomic E-state index is 0.468. The maximum atomic E-state index is 4.91. The minimum atomic E-state index is 0.468. The average molecular weight is 359 g/mol. The first-order chi connectivity index (χ1) is 12.2. The fraction of sp³-hybridized carbons (Fsp3) is 0.611. The second kappa shape index (κ2) is 7.15. The van der Waals surface area contributed by atoms with E-state index >= 15 is 0 Å². The van der Waals surface area contributed by atoms with Crippen LogP contribution in [0.4, 0.5) is 16.8 Å². The number of aromatic nitrogens is 3. The zero-order valence-electron chi connectivity index (χ0n) is 15.0. The number of aryl methyl sites for hydroxylation is 2. The SMILES string of the molecule is CN(C)c1cc(NC2CCN(c3nc4c(s3)CCCC4)CC2)ncn1. The Bertz CT molecular complexity index is 697. The van der Waals surface area contributed by atoms with Crippen LogP contribution in [0.2, 0.25) is 0 Å². The molecule has 1 aliphatic heterocycles. The van der Waals surface area contributed by atoms with Gasteiger partial charge >= 0.3 is 0 Å². The molecule has 0 bridgehead atoms. The standard InChI is InChI=1S/C18H26N6S/c1-23(2)17-11-16(19-12-20-17)21-13-7-9-24(10-8-13)18-22-14-5-3-4-6-15(14)25-18/h11-13H,3-10H2,1-2H3,(H,19,20,21). The number of hydrogen-bond donors (Lipinski definition) is 1. The molecule has 1 aliphatic carbocycles. The molecule has 0 radical (unpaired) electrons. The molecule has 0 atom stereocenters. The third-order valence-electron chi connectivity index (χ3n) is 5.06. The summed E-state index contributed by atoms with van der Waals surface area (Å²) >= 11 is 1.92. The summed E-state index contributed by atoms with van der Waals surface area (Å²) in [6, 6.07) is 2.48. The third-order valence-corrected chi connectivity index (χ3v) is 6.28. The molecular weight excluding hydrogens is 332 g/mol. The summed E-state index contributed by atoms with van der Waals surface area (Å²) in [7, 11) is 4.00. The molecule has 6 nitrogen and oxygen atoms in total. The number of nitrogens with one attached hydrogen (secondary N) is 1. The number of piperidine rings is 1. The van der Waals surface area contributed by atoms with E-state index in [1.54, 1.807) is 6.33 Å². The van der Waals surface area contributed by atoms with E-state index in [0.29, 0.717) is 6.04 Å². The van der Waals surface area contributed by atoms with Gasteiger partial charge in [0.25, 0.3) is 0 Å². The van der Waals surface area contributed by atoms with Gasteiger partial charge in [0, 0.05) is 44.2 Å². The van der Waals surface area contributed by atoms with Crippen molar-refractivity contribution in [3.05, 3.63) is 23.0 Å². The van der Waals surface area contributed by atoms with Gasteiger partial charge in [-0.25, -0.2) is 15.0 Å². The first kappa shape index (κ1) is 16.6. The zero-order valence-corrected chi connectivity index (χ0v) is 15.8. The van der Waals surface area contributed by atoms with E-state index in [0.717, 1.165) is 37.6 Å². The highest BCUT2D eigenvalue weighted by Gasteiger charge is 2.24. The Kier molecular flexibility index (Phi) is 4.74. The van der Waals surface area contributed by atoms with Crippen LogP contribution in [0.25, 0.3) is 0 Å². The maximum absolute atomic E-state index is 4.91. The second-order valence-corrected chi connectivity index (χ2v) is 8.20. The van der Waals surface area contributed by atoms with Gasteiger partial charge in [-0.15, -0.1) is 11.3 Å². The summed E-state index contributed by atoms with van der Waals surface area (Å²) in [5.41, 5.74) is 1.36. The van der Waals surface area contributed by atoms with Gasteiger partial charge in [-0.1, -0.05) is 0 Å². The highest BCUT2D eigenvalue weighted by Crippen LogP contribution is 2.33. The fourth-order valence-electron chi connectivity index (χ4n) is 3.57. The van der Waals surface area contributed by atoms with Crippen LogP contribution in [0.15, 0.2) is 12.4 Å². The number of fused-ring (bicyclic) bond motifs is 1. The van der Waals surface area contributed by atoms with Crippen LogP contribution in [-0.4, -0.2) is 48.2 Å². The van der Waals surface area contributed by atoms with Gasteiger partial charge in [-0.3, -0.25) is 0 Å². The first-order valence-corrected chi connectivity index (χ1v) is 10.00. The van der Waals surface area contributed by atoms with Crippen molar-refractivity contribution in [3.8, 4) is 0 Å². The van der Waals surface area contributed by atoms with Crippen molar-refractivity contribution in [2.45, 2.75) is 44.6 Å². The number of rotatable bonds is 4. The van der Waals surface area contributed by atoms with Gasteiger partial charge in [-0.2, -0.15) is 0 Å². The maximum Gasteiger partial charge on any atom is 0.185 e. The van der Waals surface area contributed by atoms with Crippen LogP contribution >= 0.6 is 11.3 Å². The monoisotopic (exact) mass is 358 g/mol. The summed E-state index contributed by atoms with van der Waals surface area (Å²) in [5, 5.41) is 4.81. The molecule has 2 aromatic heterocycles. The van der Waals surface area contributed by atoms with Crippen molar-refractivity contribution in [1.29, 1.82) is 0 Å². The number of nitrogens with zero attached hydrogens (tertiary/aromatic N) is 5. The largest absolute Gasteiger partial charge is 0.367 e. The number of hydrogen-bond acceptors (Lipinski definition) is 7. The van der Waals surface area contributed by atoms with Crippen molar-refractivity contribution in [3.63, 3.8) is 0 Å². The lowest BCUT2D eigenvalue weighted by molar-refractivity contribution is 0.524. The molecule has 2 aliphatic rings. The molecular formula is C18H26N6S. The van der Waals surface area contributed by atoms with Gasteiger partial charge in [0.1, 0.15) is 18.0 Å². The lowest BCUT2D eigenvalue weighted by Crippen LogP contribution is -2.39. The predicted octanol–water partition coefficient (Wildman–Crippen LogP) is 2.96. The highest BCUT2D eigenvalue weighted by atomic mass is 32.1. The van der Waals surface area contributed by atoms with Crippen molar-refractivity contribution in [2.75, 3.05) is 42.3 Å². The smallest absolute Gasteiger partial charge is 0.185 e. The molecule has 1 fully saturated rings. The highest BCUT2D eigenvalue weighted by molar-refractivity contribution is 7.15. The van der Waals surface area contributed by atoms with E-state index in [1.165, 1.54) is 41.4 Å². The second-order valence-electron chi connectivity index (χ2n) is 7.13. The Morgan fingerprint density at radius 3 is 2.72 bits per heavy atom. The Morgan fingerprint density at radius 1 is 1.16 bits per heavy atom.